The summed E-state index contributed by atoms with van der Waals surface area (Å²) in [5, 5.41) is 3.44. The van der Waals surface area contributed by atoms with Crippen LogP contribution in [0.2, 0.25) is 0 Å². The fourth-order valence-corrected chi connectivity index (χ4v) is 4.98. The summed E-state index contributed by atoms with van der Waals surface area (Å²) in [7, 11) is 3.37. The predicted molar refractivity (Wildman–Crippen MR) is 134 cm³/mol. The maximum absolute atomic E-state index is 13.2. The van der Waals surface area contributed by atoms with Gasteiger partial charge >= 0.3 is 0 Å². The number of carbonyl (C=O) groups is 1. The number of methoxy groups -OCH3 is 1. The van der Waals surface area contributed by atoms with Gasteiger partial charge in [0.15, 0.2) is 16.7 Å². The third kappa shape index (κ3) is 4.87. The van der Waals surface area contributed by atoms with Gasteiger partial charge in [0.25, 0.3) is 5.56 Å². The Balaban J connectivity index is 1.69. The molecule has 4 rings (SSSR count). The Hall–Kier alpha value is -3.52. The lowest BCUT2D eigenvalue weighted by Crippen LogP contribution is -2.33. The molecule has 1 N–H and O–H groups in total. The molecule has 2 heterocycles. The number of nitrogens with zero attached hydrogens (tertiary/aromatic N) is 2. The second-order valence-electron chi connectivity index (χ2n) is 8.11. The summed E-state index contributed by atoms with van der Waals surface area (Å²) in [6.45, 7) is 6.05. The number of ether oxygens (including phenoxy) is 2. The van der Waals surface area contributed by atoms with Gasteiger partial charge in [0.2, 0.25) is 5.91 Å². The molecular formula is C26H27N3O4S. The standard InChI is InChI=1S/C26H27N3O4S/c1-5-11-33-20-10-9-18(13-21(20)32-4)19-14-22(30)27-24-23(19)25(31)28-26(29(24)3)34-15-17-8-6-7-16(2)12-17/h5-10,12-13,19H,1,11,14-15H2,2-4H3,(H,27,30)/t19-/m1/s1. The number of benzene rings is 2. The van der Waals surface area contributed by atoms with Crippen LogP contribution in [0.25, 0.3) is 0 Å². The molecule has 1 aliphatic heterocycles. The topological polar surface area (TPSA) is 82.5 Å². The highest BCUT2D eigenvalue weighted by atomic mass is 32.2. The lowest BCUT2D eigenvalue weighted by Gasteiger charge is -2.28. The third-order valence-corrected chi connectivity index (χ3v) is 6.80. The minimum absolute atomic E-state index is 0.149. The summed E-state index contributed by atoms with van der Waals surface area (Å²) < 4.78 is 12.9. The Bertz CT molecular complexity index is 1300. The van der Waals surface area contributed by atoms with Gasteiger partial charge in [-0.25, -0.2) is 0 Å². The molecule has 176 valence electrons. The minimum atomic E-state index is -0.437. The van der Waals surface area contributed by atoms with E-state index in [1.54, 1.807) is 23.8 Å². The van der Waals surface area contributed by atoms with Crippen molar-refractivity contribution in [1.82, 2.24) is 9.55 Å². The first kappa shape index (κ1) is 23.6. The highest BCUT2D eigenvalue weighted by molar-refractivity contribution is 7.98. The van der Waals surface area contributed by atoms with Crippen molar-refractivity contribution in [3.63, 3.8) is 0 Å². The van der Waals surface area contributed by atoms with Crippen LogP contribution >= 0.6 is 11.8 Å². The highest BCUT2D eigenvalue weighted by Crippen LogP contribution is 2.39. The number of fused-ring (bicyclic) bond motifs is 1. The number of anilines is 1. The number of aromatic nitrogens is 2. The molecule has 0 spiro atoms. The second kappa shape index (κ2) is 10.2. The maximum Gasteiger partial charge on any atom is 0.279 e. The zero-order valence-corrected chi connectivity index (χ0v) is 20.3. The molecule has 0 saturated carbocycles. The quantitative estimate of drug-likeness (QED) is 0.294. The zero-order chi connectivity index (χ0) is 24.2. The molecule has 0 saturated heterocycles. The van der Waals surface area contributed by atoms with Crippen LogP contribution in [0.3, 0.4) is 0 Å². The molecular weight excluding hydrogens is 450 g/mol. The first-order valence-corrected chi connectivity index (χ1v) is 11.9. The van der Waals surface area contributed by atoms with Crippen molar-refractivity contribution >= 4 is 23.5 Å². The summed E-state index contributed by atoms with van der Waals surface area (Å²) in [6.07, 6.45) is 1.80. The number of amides is 1. The Morgan fingerprint density at radius 2 is 2.06 bits per heavy atom. The average molecular weight is 478 g/mol. The van der Waals surface area contributed by atoms with Crippen LogP contribution in [0, 0.1) is 6.92 Å². The largest absolute Gasteiger partial charge is 0.493 e. The van der Waals surface area contributed by atoms with E-state index >= 15 is 0 Å². The van der Waals surface area contributed by atoms with Gasteiger partial charge in [-0.1, -0.05) is 60.3 Å². The van der Waals surface area contributed by atoms with Gasteiger partial charge in [-0.15, -0.1) is 0 Å². The Morgan fingerprint density at radius 3 is 2.79 bits per heavy atom. The molecule has 1 atom stereocenters. The van der Waals surface area contributed by atoms with Crippen LogP contribution in [0.1, 0.15) is 34.6 Å². The van der Waals surface area contributed by atoms with Crippen molar-refractivity contribution in [2.45, 2.75) is 30.2 Å². The highest BCUT2D eigenvalue weighted by Gasteiger charge is 2.32. The molecule has 3 aromatic rings. The van der Waals surface area contributed by atoms with Crippen LogP contribution in [0.5, 0.6) is 11.5 Å². The van der Waals surface area contributed by atoms with Crippen LogP contribution in [-0.2, 0) is 17.6 Å². The normalized spacial score (nSPS) is 14.8. The van der Waals surface area contributed by atoms with Gasteiger partial charge in [-0.05, 0) is 30.2 Å². The number of hydrogen-bond donors (Lipinski definition) is 1. The maximum atomic E-state index is 13.2. The molecule has 0 unspecified atom stereocenters. The van der Waals surface area contributed by atoms with E-state index in [0.717, 1.165) is 11.1 Å². The molecule has 1 amide bonds. The van der Waals surface area contributed by atoms with E-state index in [4.69, 9.17) is 9.47 Å². The van der Waals surface area contributed by atoms with Crippen molar-refractivity contribution in [2.24, 2.45) is 7.05 Å². The zero-order valence-electron chi connectivity index (χ0n) is 19.5. The molecule has 1 aliphatic rings. The number of thioether (sulfide) groups is 1. The summed E-state index contributed by atoms with van der Waals surface area (Å²) in [5.74, 6) is 1.66. The monoisotopic (exact) mass is 477 g/mol. The second-order valence-corrected chi connectivity index (χ2v) is 9.06. The minimum Gasteiger partial charge on any atom is -0.493 e. The number of rotatable bonds is 8. The van der Waals surface area contributed by atoms with E-state index in [1.807, 2.05) is 44.3 Å². The van der Waals surface area contributed by atoms with Crippen LogP contribution < -0.4 is 20.3 Å². The Labute approximate surface area is 202 Å². The molecule has 0 radical (unpaired) electrons. The predicted octanol–water partition coefficient (Wildman–Crippen LogP) is 4.43. The van der Waals surface area contributed by atoms with Crippen molar-refractivity contribution in [3.05, 3.63) is 87.7 Å². The first-order chi connectivity index (χ1) is 16.4. The van der Waals surface area contributed by atoms with Crippen molar-refractivity contribution in [1.29, 1.82) is 0 Å². The Morgan fingerprint density at radius 1 is 1.24 bits per heavy atom. The third-order valence-electron chi connectivity index (χ3n) is 5.70. The summed E-state index contributed by atoms with van der Waals surface area (Å²) in [5.41, 5.74) is 3.25. The van der Waals surface area contributed by atoms with E-state index in [-0.39, 0.29) is 17.9 Å². The molecule has 7 nitrogen and oxygen atoms in total. The summed E-state index contributed by atoms with van der Waals surface area (Å²) >= 11 is 1.47. The SMILES string of the molecule is C=CCOc1ccc([C@H]2CC(=O)Nc3c2c(=O)nc(SCc2cccc(C)c2)n3C)cc1OC. The molecule has 1 aromatic heterocycles. The number of nitrogens with one attached hydrogen (secondary N) is 1. The van der Waals surface area contributed by atoms with Crippen molar-refractivity contribution < 1.29 is 14.3 Å². The molecule has 0 fully saturated rings. The molecule has 34 heavy (non-hydrogen) atoms. The van der Waals surface area contributed by atoms with Gasteiger partial charge in [-0.2, -0.15) is 4.98 Å². The van der Waals surface area contributed by atoms with E-state index in [9.17, 15) is 9.59 Å². The fourth-order valence-electron chi connectivity index (χ4n) is 4.07. The molecule has 2 aromatic carbocycles. The lowest BCUT2D eigenvalue weighted by atomic mass is 9.86. The van der Waals surface area contributed by atoms with Gasteiger partial charge < -0.3 is 19.4 Å². The molecule has 8 heteroatoms. The van der Waals surface area contributed by atoms with E-state index < -0.39 is 5.92 Å². The van der Waals surface area contributed by atoms with Gasteiger partial charge in [0, 0.05) is 25.1 Å². The van der Waals surface area contributed by atoms with Crippen molar-refractivity contribution in [3.8, 4) is 11.5 Å². The smallest absolute Gasteiger partial charge is 0.279 e. The molecule has 0 aliphatic carbocycles. The van der Waals surface area contributed by atoms with Crippen molar-refractivity contribution in [2.75, 3.05) is 19.0 Å². The first-order valence-electron chi connectivity index (χ1n) is 10.9. The van der Waals surface area contributed by atoms with E-state index in [1.165, 1.54) is 17.3 Å². The van der Waals surface area contributed by atoms with Gasteiger partial charge in [0.1, 0.15) is 12.4 Å². The van der Waals surface area contributed by atoms with Crippen LogP contribution in [0.4, 0.5) is 5.82 Å². The number of hydrogen-bond acceptors (Lipinski definition) is 6. The van der Waals surface area contributed by atoms with E-state index in [2.05, 4.69) is 22.9 Å². The number of carbonyl (C=O) groups excluding carboxylic acids is 1. The molecule has 0 bridgehead atoms. The van der Waals surface area contributed by atoms with Gasteiger partial charge in [0.05, 0.1) is 12.7 Å². The van der Waals surface area contributed by atoms with Crippen LogP contribution in [-0.4, -0.2) is 29.2 Å². The lowest BCUT2D eigenvalue weighted by molar-refractivity contribution is -0.116. The number of aryl methyl sites for hydroxylation is 1. The summed E-state index contributed by atoms with van der Waals surface area (Å²) in [6, 6.07) is 13.7. The van der Waals surface area contributed by atoms with Crippen LogP contribution in [0.15, 0.2) is 65.1 Å². The average Bonchev–Trinajstić information content (AvgIpc) is 2.83. The summed E-state index contributed by atoms with van der Waals surface area (Å²) in [4.78, 5) is 30.2. The van der Waals surface area contributed by atoms with E-state index in [0.29, 0.717) is 40.4 Å². The Kier molecular flexibility index (Phi) is 7.07. The van der Waals surface area contributed by atoms with Gasteiger partial charge in [-0.3, -0.25) is 9.59 Å². The fraction of sp³-hybridized carbons (Fsp3) is 0.269.